The summed E-state index contributed by atoms with van der Waals surface area (Å²) in [5.41, 5.74) is 8.35. The second-order valence-electron chi connectivity index (χ2n) is 4.48. The van der Waals surface area contributed by atoms with Gasteiger partial charge in [-0.25, -0.2) is 0 Å². The molecule has 1 aliphatic rings. The minimum Gasteiger partial charge on any atom is -0.381 e. The van der Waals surface area contributed by atoms with Gasteiger partial charge in [0.25, 0.3) is 0 Å². The first-order chi connectivity index (χ1) is 7.79. The van der Waals surface area contributed by atoms with Crippen LogP contribution in [0.4, 0.5) is 5.69 Å². The Morgan fingerprint density at radius 2 is 2.19 bits per heavy atom. The van der Waals surface area contributed by atoms with Crippen molar-refractivity contribution >= 4 is 17.4 Å². The number of nitrogens with two attached hydrogens (primary N) is 1. The topological polar surface area (TPSA) is 38.0 Å². The van der Waals surface area contributed by atoms with Crippen molar-refractivity contribution in [2.24, 2.45) is 11.7 Å². The lowest BCUT2D eigenvalue weighted by atomic mass is 9.99. The van der Waals surface area contributed by atoms with Gasteiger partial charge in [-0.15, -0.1) is 0 Å². The van der Waals surface area contributed by atoms with Gasteiger partial charge in [0.2, 0.25) is 0 Å². The fourth-order valence-electron chi connectivity index (χ4n) is 2.10. The van der Waals surface area contributed by atoms with E-state index in [0.29, 0.717) is 6.04 Å². The van der Waals surface area contributed by atoms with Crippen LogP contribution in [0.1, 0.15) is 12.0 Å². The fraction of sp³-hybridized carbons (Fsp3) is 0.538. The minimum absolute atomic E-state index is 0.428. The molecule has 3 heteroatoms. The first-order valence-corrected chi connectivity index (χ1v) is 7.06. The second kappa shape index (κ2) is 5.60. The number of hydrogen-bond acceptors (Lipinski definition) is 3. The maximum absolute atomic E-state index is 5.86. The van der Waals surface area contributed by atoms with E-state index in [1.807, 2.05) is 11.8 Å². The highest BCUT2D eigenvalue weighted by molar-refractivity contribution is 7.99. The van der Waals surface area contributed by atoms with Crippen molar-refractivity contribution in [2.75, 3.05) is 23.4 Å². The molecule has 88 valence electrons. The number of nitrogens with one attached hydrogen (secondary N) is 1. The monoisotopic (exact) mass is 236 g/mol. The van der Waals surface area contributed by atoms with E-state index in [-0.39, 0.29) is 0 Å². The average Bonchev–Trinajstić information content (AvgIpc) is 2.82. The molecule has 1 aliphatic heterocycles. The molecule has 1 fully saturated rings. The van der Waals surface area contributed by atoms with Gasteiger partial charge in [0.05, 0.1) is 0 Å². The molecule has 1 saturated heterocycles. The molecule has 1 heterocycles. The van der Waals surface area contributed by atoms with E-state index in [9.17, 15) is 0 Å². The normalized spacial score (nSPS) is 22.0. The smallest absolute Gasteiger partial charge is 0.0420 e. The minimum atomic E-state index is 0.428. The van der Waals surface area contributed by atoms with Crippen molar-refractivity contribution < 1.29 is 0 Å². The van der Waals surface area contributed by atoms with E-state index in [0.717, 1.165) is 12.5 Å². The van der Waals surface area contributed by atoms with Crippen molar-refractivity contribution in [1.29, 1.82) is 0 Å². The summed E-state index contributed by atoms with van der Waals surface area (Å²) >= 11 is 2.04. The van der Waals surface area contributed by atoms with Crippen molar-refractivity contribution in [3.8, 4) is 0 Å². The lowest BCUT2D eigenvalue weighted by Crippen LogP contribution is -2.36. The third kappa shape index (κ3) is 2.92. The Hall–Kier alpha value is -0.670. The van der Waals surface area contributed by atoms with Crippen molar-refractivity contribution in [1.82, 2.24) is 0 Å². The summed E-state index contributed by atoms with van der Waals surface area (Å²) in [6, 6.07) is 8.98. The average molecular weight is 236 g/mol. The molecular weight excluding hydrogens is 216 g/mol. The van der Waals surface area contributed by atoms with Crippen LogP contribution >= 0.6 is 11.8 Å². The summed E-state index contributed by atoms with van der Waals surface area (Å²) in [6.45, 7) is 2.83. The van der Waals surface area contributed by atoms with Crippen LogP contribution in [0.2, 0.25) is 0 Å². The maximum Gasteiger partial charge on any atom is 0.0420 e. The van der Waals surface area contributed by atoms with Gasteiger partial charge in [0, 0.05) is 18.3 Å². The Labute approximate surface area is 102 Å². The van der Waals surface area contributed by atoms with Crippen LogP contribution in [0.3, 0.4) is 0 Å². The van der Waals surface area contributed by atoms with Gasteiger partial charge in [0.1, 0.15) is 0 Å². The Kier molecular flexibility index (Phi) is 4.13. The molecular formula is C13H20N2S. The zero-order valence-corrected chi connectivity index (χ0v) is 10.6. The van der Waals surface area contributed by atoms with E-state index in [1.165, 1.54) is 29.2 Å². The molecule has 3 N–H and O–H groups in total. The second-order valence-corrected chi connectivity index (χ2v) is 5.63. The zero-order chi connectivity index (χ0) is 11.4. The molecule has 0 spiro atoms. The summed E-state index contributed by atoms with van der Waals surface area (Å²) in [5, 5.41) is 3.56. The highest BCUT2D eigenvalue weighted by Crippen LogP contribution is 2.27. The number of benzene rings is 1. The van der Waals surface area contributed by atoms with Gasteiger partial charge in [-0.2, -0.15) is 11.8 Å². The molecule has 2 atom stereocenters. The third-order valence-electron chi connectivity index (χ3n) is 3.19. The summed E-state index contributed by atoms with van der Waals surface area (Å²) in [7, 11) is 0. The molecule has 16 heavy (non-hydrogen) atoms. The number of anilines is 1. The summed E-state index contributed by atoms with van der Waals surface area (Å²) in [5.74, 6) is 3.27. The molecule has 0 radical (unpaired) electrons. The van der Waals surface area contributed by atoms with Gasteiger partial charge in [-0.05, 0) is 42.9 Å². The SMILES string of the molecule is Cc1ccc(NC(CN)C2CCSC2)cc1. The van der Waals surface area contributed by atoms with Gasteiger partial charge in [-0.3, -0.25) is 0 Å². The lowest BCUT2D eigenvalue weighted by molar-refractivity contribution is 0.499. The van der Waals surface area contributed by atoms with Gasteiger partial charge in [-0.1, -0.05) is 17.7 Å². The first kappa shape index (κ1) is 11.8. The molecule has 2 rings (SSSR count). The molecule has 0 aromatic heterocycles. The van der Waals surface area contributed by atoms with Gasteiger partial charge in [0.15, 0.2) is 0 Å². The molecule has 0 aliphatic carbocycles. The number of aryl methyl sites for hydroxylation is 1. The van der Waals surface area contributed by atoms with Crippen molar-refractivity contribution in [3.05, 3.63) is 29.8 Å². The van der Waals surface area contributed by atoms with Crippen molar-refractivity contribution in [3.63, 3.8) is 0 Å². The largest absolute Gasteiger partial charge is 0.381 e. The molecule has 2 unspecified atom stereocenters. The molecule has 2 nitrogen and oxygen atoms in total. The lowest BCUT2D eigenvalue weighted by Gasteiger charge is -2.23. The molecule has 0 bridgehead atoms. The summed E-state index contributed by atoms with van der Waals surface area (Å²) < 4.78 is 0. The molecule has 0 amide bonds. The maximum atomic E-state index is 5.86. The summed E-state index contributed by atoms with van der Waals surface area (Å²) in [6.07, 6.45) is 1.30. The van der Waals surface area contributed by atoms with Crippen LogP contribution in [0, 0.1) is 12.8 Å². The van der Waals surface area contributed by atoms with Crippen LogP contribution in [0.15, 0.2) is 24.3 Å². The Morgan fingerprint density at radius 1 is 1.44 bits per heavy atom. The summed E-state index contributed by atoms with van der Waals surface area (Å²) in [4.78, 5) is 0. The van der Waals surface area contributed by atoms with E-state index in [2.05, 4.69) is 36.5 Å². The number of thioether (sulfide) groups is 1. The number of hydrogen-bond donors (Lipinski definition) is 2. The zero-order valence-electron chi connectivity index (χ0n) is 9.78. The molecule has 0 saturated carbocycles. The Bertz CT molecular complexity index is 317. The quantitative estimate of drug-likeness (QED) is 0.843. The Balaban J connectivity index is 1.97. The third-order valence-corrected chi connectivity index (χ3v) is 4.38. The fourth-order valence-corrected chi connectivity index (χ4v) is 3.44. The van der Waals surface area contributed by atoms with Crippen LogP contribution in [0.5, 0.6) is 0 Å². The molecule has 1 aromatic rings. The standard InChI is InChI=1S/C13H20N2S/c1-10-2-4-12(5-3-10)15-13(8-14)11-6-7-16-9-11/h2-5,11,13,15H,6-9,14H2,1H3. The van der Waals surface area contributed by atoms with E-state index >= 15 is 0 Å². The highest BCUT2D eigenvalue weighted by Gasteiger charge is 2.24. The predicted molar refractivity (Wildman–Crippen MR) is 73.1 cm³/mol. The van der Waals surface area contributed by atoms with Crippen LogP contribution in [-0.4, -0.2) is 24.1 Å². The van der Waals surface area contributed by atoms with E-state index in [4.69, 9.17) is 5.73 Å². The van der Waals surface area contributed by atoms with E-state index < -0.39 is 0 Å². The van der Waals surface area contributed by atoms with Crippen LogP contribution < -0.4 is 11.1 Å². The first-order valence-electron chi connectivity index (χ1n) is 5.90. The van der Waals surface area contributed by atoms with Crippen LogP contribution in [0.25, 0.3) is 0 Å². The number of rotatable bonds is 4. The predicted octanol–water partition coefficient (Wildman–Crippen LogP) is 2.49. The Morgan fingerprint density at radius 3 is 2.75 bits per heavy atom. The van der Waals surface area contributed by atoms with E-state index in [1.54, 1.807) is 0 Å². The van der Waals surface area contributed by atoms with Gasteiger partial charge < -0.3 is 11.1 Å². The highest BCUT2D eigenvalue weighted by atomic mass is 32.2. The van der Waals surface area contributed by atoms with Crippen molar-refractivity contribution in [2.45, 2.75) is 19.4 Å². The van der Waals surface area contributed by atoms with Crippen LogP contribution in [-0.2, 0) is 0 Å². The molecule has 1 aromatic carbocycles. The van der Waals surface area contributed by atoms with Gasteiger partial charge >= 0.3 is 0 Å².